The van der Waals surface area contributed by atoms with Crippen molar-refractivity contribution in [2.45, 2.75) is 25.7 Å². The molecule has 0 spiro atoms. The Morgan fingerprint density at radius 3 is 2.90 bits per heavy atom. The summed E-state index contributed by atoms with van der Waals surface area (Å²) in [4.78, 5) is 12.1. The molecule has 1 aliphatic carbocycles. The number of carbonyl (C=O) groups excluding carboxylic acids is 1. The second-order valence-electron chi connectivity index (χ2n) is 4.99. The number of hydrogen-bond donors (Lipinski definition) is 2. The van der Waals surface area contributed by atoms with E-state index in [-0.39, 0.29) is 18.1 Å². The van der Waals surface area contributed by atoms with E-state index in [0.29, 0.717) is 12.1 Å². The van der Waals surface area contributed by atoms with Crippen LogP contribution in [0.5, 0.6) is 0 Å². The van der Waals surface area contributed by atoms with E-state index < -0.39 is 5.82 Å². The van der Waals surface area contributed by atoms with Crippen LogP contribution >= 0.6 is 0 Å². The molecule has 2 N–H and O–H groups in total. The van der Waals surface area contributed by atoms with Crippen molar-refractivity contribution in [3.8, 4) is 11.8 Å². The summed E-state index contributed by atoms with van der Waals surface area (Å²) in [5.74, 6) is 5.08. The van der Waals surface area contributed by atoms with E-state index in [1.54, 1.807) is 0 Å². The predicted molar refractivity (Wildman–Crippen MR) is 74.7 cm³/mol. The van der Waals surface area contributed by atoms with Gasteiger partial charge in [0.25, 0.3) is 5.91 Å². The lowest BCUT2D eigenvalue weighted by molar-refractivity contribution is 0.0948. The lowest BCUT2D eigenvalue weighted by Gasteiger charge is -2.25. The number of halogens is 1. The van der Waals surface area contributed by atoms with Crippen LogP contribution in [0.15, 0.2) is 18.2 Å². The zero-order valence-corrected chi connectivity index (χ0v) is 11.3. The van der Waals surface area contributed by atoms with Crippen LogP contribution in [0.25, 0.3) is 0 Å². The highest BCUT2D eigenvalue weighted by molar-refractivity contribution is 5.96. The summed E-state index contributed by atoms with van der Waals surface area (Å²) in [6.07, 6.45) is 4.73. The molecule has 1 amide bonds. The molecule has 0 heterocycles. The molecule has 2 rings (SSSR count). The second-order valence-corrected chi connectivity index (χ2v) is 4.99. The Balaban J connectivity index is 2.00. The molecule has 0 unspecified atom stereocenters. The number of rotatable bonds is 4. The normalized spacial score (nSPS) is 14.1. The van der Waals surface area contributed by atoms with Gasteiger partial charge in [0.15, 0.2) is 0 Å². The molecule has 0 saturated heterocycles. The topological polar surface area (TPSA) is 49.3 Å². The molecule has 1 saturated carbocycles. The first kappa shape index (κ1) is 14.5. The first-order chi connectivity index (χ1) is 9.70. The molecular weight excluding hydrogens is 257 g/mol. The van der Waals surface area contributed by atoms with Crippen molar-refractivity contribution in [2.24, 2.45) is 5.92 Å². The Kier molecular flexibility index (Phi) is 5.14. The van der Waals surface area contributed by atoms with Gasteiger partial charge in [-0.1, -0.05) is 31.1 Å². The number of hydrogen-bond acceptors (Lipinski definition) is 2. The Morgan fingerprint density at radius 1 is 1.45 bits per heavy atom. The van der Waals surface area contributed by atoms with Crippen LogP contribution in [0, 0.1) is 23.6 Å². The van der Waals surface area contributed by atoms with Crippen molar-refractivity contribution < 1.29 is 14.3 Å². The lowest BCUT2D eigenvalue weighted by atomic mass is 9.83. The van der Waals surface area contributed by atoms with Gasteiger partial charge in [-0.15, -0.1) is 0 Å². The van der Waals surface area contributed by atoms with E-state index in [2.05, 4.69) is 17.2 Å². The Hall–Kier alpha value is -1.86. The van der Waals surface area contributed by atoms with Gasteiger partial charge in [0.1, 0.15) is 12.4 Å². The lowest BCUT2D eigenvalue weighted by Crippen LogP contribution is -2.28. The van der Waals surface area contributed by atoms with E-state index >= 15 is 0 Å². The molecule has 4 heteroatoms. The Morgan fingerprint density at radius 2 is 2.25 bits per heavy atom. The van der Waals surface area contributed by atoms with Crippen LogP contribution in [0.3, 0.4) is 0 Å². The summed E-state index contributed by atoms with van der Waals surface area (Å²) in [7, 11) is 0. The number of carbonyl (C=O) groups is 1. The van der Waals surface area contributed by atoms with E-state index in [0.717, 1.165) is 12.3 Å². The standard InChI is InChI=1S/C16H18FNO2/c17-14-7-6-13(5-2-10-19)15(11-14)16(20)18-9-8-12-3-1-4-12/h6-7,11-12,19H,1,3-4,8-10H2,(H,18,20). The molecular formula is C16H18FNO2. The number of nitrogens with one attached hydrogen (secondary N) is 1. The number of aliphatic hydroxyl groups is 1. The third-order valence-electron chi connectivity index (χ3n) is 3.59. The summed E-state index contributed by atoms with van der Waals surface area (Å²) in [5, 5.41) is 11.5. The Labute approximate surface area is 118 Å². The van der Waals surface area contributed by atoms with E-state index in [1.807, 2.05) is 0 Å². The summed E-state index contributed by atoms with van der Waals surface area (Å²) in [6, 6.07) is 3.89. The van der Waals surface area contributed by atoms with Crippen LogP contribution in [0.1, 0.15) is 41.6 Å². The third kappa shape index (κ3) is 3.82. The molecule has 1 aromatic rings. The maximum Gasteiger partial charge on any atom is 0.252 e. The fraction of sp³-hybridized carbons (Fsp3) is 0.438. The molecule has 20 heavy (non-hydrogen) atoms. The van der Waals surface area contributed by atoms with Crippen molar-refractivity contribution in [2.75, 3.05) is 13.2 Å². The minimum absolute atomic E-state index is 0.222. The van der Waals surface area contributed by atoms with Gasteiger partial charge in [-0.3, -0.25) is 4.79 Å². The minimum atomic E-state index is -0.469. The second kappa shape index (κ2) is 7.06. The molecule has 1 aliphatic rings. The monoisotopic (exact) mass is 275 g/mol. The van der Waals surface area contributed by atoms with Crippen LogP contribution in [-0.4, -0.2) is 24.2 Å². The van der Waals surface area contributed by atoms with Crippen molar-refractivity contribution >= 4 is 5.91 Å². The van der Waals surface area contributed by atoms with E-state index in [1.165, 1.54) is 37.5 Å². The van der Waals surface area contributed by atoms with Crippen LogP contribution < -0.4 is 5.32 Å². The molecule has 0 bridgehead atoms. The summed E-state index contributed by atoms with van der Waals surface area (Å²) >= 11 is 0. The third-order valence-corrected chi connectivity index (χ3v) is 3.59. The van der Waals surface area contributed by atoms with Gasteiger partial charge in [0, 0.05) is 12.1 Å². The van der Waals surface area contributed by atoms with E-state index in [9.17, 15) is 9.18 Å². The van der Waals surface area contributed by atoms with Gasteiger partial charge < -0.3 is 10.4 Å². The highest BCUT2D eigenvalue weighted by Crippen LogP contribution is 2.28. The highest BCUT2D eigenvalue weighted by Gasteiger charge is 2.17. The zero-order valence-electron chi connectivity index (χ0n) is 11.3. The number of aliphatic hydroxyl groups excluding tert-OH is 1. The predicted octanol–water partition coefficient (Wildman–Crippen LogP) is 2.09. The Bertz CT molecular complexity index is 541. The van der Waals surface area contributed by atoms with Crippen molar-refractivity contribution in [3.63, 3.8) is 0 Å². The van der Waals surface area contributed by atoms with E-state index in [4.69, 9.17) is 5.11 Å². The highest BCUT2D eigenvalue weighted by atomic mass is 19.1. The average Bonchev–Trinajstić information content (AvgIpc) is 2.40. The molecule has 106 valence electrons. The van der Waals surface area contributed by atoms with Gasteiger partial charge in [0.2, 0.25) is 0 Å². The van der Waals surface area contributed by atoms with Crippen LogP contribution in [0.2, 0.25) is 0 Å². The molecule has 0 atom stereocenters. The molecule has 0 aliphatic heterocycles. The molecule has 0 aromatic heterocycles. The number of amides is 1. The smallest absolute Gasteiger partial charge is 0.252 e. The average molecular weight is 275 g/mol. The van der Waals surface area contributed by atoms with Crippen molar-refractivity contribution in [1.29, 1.82) is 0 Å². The maximum absolute atomic E-state index is 13.3. The van der Waals surface area contributed by atoms with Crippen LogP contribution in [-0.2, 0) is 0 Å². The fourth-order valence-corrected chi connectivity index (χ4v) is 2.21. The molecule has 1 aromatic carbocycles. The molecule has 1 fully saturated rings. The van der Waals surface area contributed by atoms with Crippen molar-refractivity contribution in [1.82, 2.24) is 5.32 Å². The van der Waals surface area contributed by atoms with Gasteiger partial charge in [-0.2, -0.15) is 0 Å². The maximum atomic E-state index is 13.3. The summed E-state index contributed by atoms with van der Waals surface area (Å²) in [5.41, 5.74) is 0.654. The minimum Gasteiger partial charge on any atom is -0.384 e. The largest absolute Gasteiger partial charge is 0.384 e. The molecule has 3 nitrogen and oxygen atoms in total. The first-order valence-electron chi connectivity index (χ1n) is 6.88. The summed E-state index contributed by atoms with van der Waals surface area (Å²) in [6.45, 7) is 0.312. The van der Waals surface area contributed by atoms with Gasteiger partial charge >= 0.3 is 0 Å². The zero-order chi connectivity index (χ0) is 14.4. The van der Waals surface area contributed by atoms with Gasteiger partial charge in [-0.05, 0) is 30.5 Å². The molecule has 0 radical (unpaired) electrons. The summed E-state index contributed by atoms with van der Waals surface area (Å²) < 4.78 is 13.3. The first-order valence-corrected chi connectivity index (χ1v) is 6.88. The van der Waals surface area contributed by atoms with Gasteiger partial charge in [0.05, 0.1) is 5.56 Å². The SMILES string of the molecule is O=C(NCCC1CCC1)c1cc(F)ccc1C#CCO. The van der Waals surface area contributed by atoms with Crippen LogP contribution in [0.4, 0.5) is 4.39 Å². The number of benzene rings is 1. The van der Waals surface area contributed by atoms with Gasteiger partial charge in [-0.25, -0.2) is 4.39 Å². The fourth-order valence-electron chi connectivity index (χ4n) is 2.21. The quantitative estimate of drug-likeness (QED) is 0.827. The van der Waals surface area contributed by atoms with Crippen molar-refractivity contribution in [3.05, 3.63) is 35.1 Å².